The summed E-state index contributed by atoms with van der Waals surface area (Å²) in [6.07, 6.45) is -1.49. The molecule has 29 heavy (non-hydrogen) atoms. The molecule has 1 N–H and O–H groups in total. The monoisotopic (exact) mass is 438 g/mol. The SMILES string of the molecule is C[C@H](OC(=O)CCC(=O)c1ccc(Cl)cc1)C(=O)Nc1cc([N+](=O)[O-])ccc1Cl. The molecule has 0 saturated carbocycles. The van der Waals surface area contributed by atoms with E-state index in [9.17, 15) is 24.5 Å². The number of ketones is 1. The molecular formula is C19H16Cl2N2O6. The Labute approximate surface area is 175 Å². The molecule has 0 bridgehead atoms. The van der Waals surface area contributed by atoms with Gasteiger partial charge in [0.1, 0.15) is 0 Å². The molecule has 2 rings (SSSR count). The Hall–Kier alpha value is -2.97. The zero-order chi connectivity index (χ0) is 21.6. The summed E-state index contributed by atoms with van der Waals surface area (Å²) in [6, 6.07) is 9.80. The lowest BCUT2D eigenvalue weighted by Crippen LogP contribution is -2.30. The number of hydrogen-bond donors (Lipinski definition) is 1. The van der Waals surface area contributed by atoms with Gasteiger partial charge < -0.3 is 10.1 Å². The molecule has 0 aliphatic carbocycles. The molecule has 0 aromatic heterocycles. The number of halogens is 2. The number of ether oxygens (including phenoxy) is 1. The Morgan fingerprint density at radius 3 is 2.38 bits per heavy atom. The molecule has 0 unspecified atom stereocenters. The van der Waals surface area contributed by atoms with Crippen LogP contribution in [0.25, 0.3) is 0 Å². The van der Waals surface area contributed by atoms with E-state index in [1.54, 1.807) is 24.3 Å². The number of esters is 1. The lowest BCUT2D eigenvalue weighted by molar-refractivity contribution is -0.384. The van der Waals surface area contributed by atoms with Gasteiger partial charge in [-0.2, -0.15) is 0 Å². The first-order chi connectivity index (χ1) is 13.7. The molecule has 2 aromatic rings. The Balaban J connectivity index is 1.88. The smallest absolute Gasteiger partial charge is 0.307 e. The fourth-order valence-corrected chi connectivity index (χ4v) is 2.55. The van der Waals surface area contributed by atoms with Gasteiger partial charge in [-0.1, -0.05) is 23.2 Å². The predicted octanol–water partition coefficient (Wildman–Crippen LogP) is 4.43. The number of amides is 1. The minimum Gasteiger partial charge on any atom is -0.453 e. The van der Waals surface area contributed by atoms with Gasteiger partial charge in [0.2, 0.25) is 0 Å². The first kappa shape index (κ1) is 22.3. The second-order valence-electron chi connectivity index (χ2n) is 5.97. The Morgan fingerprint density at radius 2 is 1.76 bits per heavy atom. The van der Waals surface area contributed by atoms with Gasteiger partial charge >= 0.3 is 5.97 Å². The van der Waals surface area contributed by atoms with Crippen LogP contribution in [0.3, 0.4) is 0 Å². The lowest BCUT2D eigenvalue weighted by Gasteiger charge is -2.14. The highest BCUT2D eigenvalue weighted by Gasteiger charge is 2.21. The van der Waals surface area contributed by atoms with Crippen LogP contribution in [0.2, 0.25) is 10.0 Å². The zero-order valence-corrected chi connectivity index (χ0v) is 16.7. The number of nitrogens with one attached hydrogen (secondary N) is 1. The molecule has 0 aliphatic heterocycles. The Morgan fingerprint density at radius 1 is 1.10 bits per heavy atom. The molecule has 2 aromatic carbocycles. The van der Waals surface area contributed by atoms with Crippen LogP contribution in [-0.4, -0.2) is 28.7 Å². The molecule has 1 amide bonds. The van der Waals surface area contributed by atoms with Crippen LogP contribution in [0.15, 0.2) is 42.5 Å². The highest BCUT2D eigenvalue weighted by atomic mass is 35.5. The molecule has 0 spiro atoms. The average molecular weight is 439 g/mol. The summed E-state index contributed by atoms with van der Waals surface area (Å²) < 4.78 is 5.01. The molecule has 1 atom stereocenters. The molecule has 8 nitrogen and oxygen atoms in total. The topological polar surface area (TPSA) is 116 Å². The number of carbonyl (C=O) groups excluding carboxylic acids is 3. The van der Waals surface area contributed by atoms with Crippen molar-refractivity contribution in [3.63, 3.8) is 0 Å². The van der Waals surface area contributed by atoms with E-state index in [0.717, 1.165) is 6.07 Å². The number of nitro groups is 1. The van der Waals surface area contributed by atoms with Crippen LogP contribution in [0.4, 0.5) is 11.4 Å². The van der Waals surface area contributed by atoms with E-state index in [4.69, 9.17) is 27.9 Å². The summed E-state index contributed by atoms with van der Waals surface area (Å²) >= 11 is 11.7. The third-order valence-electron chi connectivity index (χ3n) is 3.82. The fourth-order valence-electron chi connectivity index (χ4n) is 2.26. The second kappa shape index (κ2) is 9.99. The molecule has 0 aliphatic rings. The zero-order valence-electron chi connectivity index (χ0n) is 15.2. The van der Waals surface area contributed by atoms with Gasteiger partial charge in [0.25, 0.3) is 11.6 Å². The van der Waals surface area contributed by atoms with E-state index in [-0.39, 0.29) is 35.0 Å². The second-order valence-corrected chi connectivity index (χ2v) is 6.82. The highest BCUT2D eigenvalue weighted by Crippen LogP contribution is 2.27. The maximum absolute atomic E-state index is 12.2. The quantitative estimate of drug-likeness (QED) is 0.282. The molecule has 0 fully saturated rings. The number of nitro benzene ring substituents is 1. The molecule has 0 saturated heterocycles. The van der Waals surface area contributed by atoms with Gasteiger partial charge in [0, 0.05) is 29.1 Å². The van der Waals surface area contributed by atoms with Crippen molar-refractivity contribution in [2.24, 2.45) is 0 Å². The van der Waals surface area contributed by atoms with Crippen molar-refractivity contribution in [1.82, 2.24) is 0 Å². The van der Waals surface area contributed by atoms with E-state index in [1.807, 2.05) is 0 Å². The van der Waals surface area contributed by atoms with Crippen LogP contribution in [-0.2, 0) is 14.3 Å². The standard InChI is InChI=1S/C19H16Cl2N2O6/c1-11(19(26)22-16-10-14(23(27)28)6-7-15(16)21)29-18(25)9-8-17(24)12-2-4-13(20)5-3-12/h2-7,10-11H,8-9H2,1H3,(H,22,26)/t11-/m0/s1. The molecular weight excluding hydrogens is 423 g/mol. The number of anilines is 1. The Bertz CT molecular complexity index is 946. The van der Waals surface area contributed by atoms with Crippen LogP contribution < -0.4 is 5.32 Å². The summed E-state index contributed by atoms with van der Waals surface area (Å²) in [7, 11) is 0. The van der Waals surface area contributed by atoms with Gasteiger partial charge in [0.05, 0.1) is 22.1 Å². The van der Waals surface area contributed by atoms with E-state index >= 15 is 0 Å². The molecule has 0 radical (unpaired) electrons. The van der Waals surface area contributed by atoms with Crippen LogP contribution >= 0.6 is 23.2 Å². The molecule has 0 heterocycles. The molecule has 152 valence electrons. The Kier molecular flexibility index (Phi) is 7.69. The number of hydrogen-bond acceptors (Lipinski definition) is 6. The number of Topliss-reactive ketones (excluding diaryl/α,β-unsaturated/α-hetero) is 1. The van der Waals surface area contributed by atoms with E-state index < -0.39 is 22.9 Å². The van der Waals surface area contributed by atoms with Gasteiger partial charge in [-0.3, -0.25) is 24.5 Å². The van der Waals surface area contributed by atoms with E-state index in [2.05, 4.69) is 5.32 Å². The van der Waals surface area contributed by atoms with Crippen molar-refractivity contribution in [3.05, 3.63) is 68.2 Å². The first-order valence-electron chi connectivity index (χ1n) is 8.40. The van der Waals surface area contributed by atoms with Gasteiger partial charge in [-0.25, -0.2) is 0 Å². The maximum atomic E-state index is 12.2. The van der Waals surface area contributed by atoms with Gasteiger partial charge in [0.15, 0.2) is 11.9 Å². The first-order valence-corrected chi connectivity index (χ1v) is 9.16. The average Bonchev–Trinajstić information content (AvgIpc) is 2.68. The normalized spacial score (nSPS) is 11.4. The van der Waals surface area contributed by atoms with Crippen molar-refractivity contribution in [3.8, 4) is 0 Å². The third-order valence-corrected chi connectivity index (χ3v) is 4.40. The highest BCUT2D eigenvalue weighted by molar-refractivity contribution is 6.33. The van der Waals surface area contributed by atoms with Crippen molar-refractivity contribution in [2.75, 3.05) is 5.32 Å². The minimum absolute atomic E-state index is 0.0201. The third kappa shape index (κ3) is 6.55. The predicted molar refractivity (Wildman–Crippen MR) is 107 cm³/mol. The largest absolute Gasteiger partial charge is 0.453 e. The van der Waals surface area contributed by atoms with E-state index in [0.29, 0.717) is 10.6 Å². The molecule has 10 heteroatoms. The lowest BCUT2D eigenvalue weighted by atomic mass is 10.1. The summed E-state index contributed by atoms with van der Waals surface area (Å²) in [5, 5.41) is 13.8. The van der Waals surface area contributed by atoms with Gasteiger partial charge in [-0.05, 0) is 37.3 Å². The van der Waals surface area contributed by atoms with Crippen molar-refractivity contribution < 1.29 is 24.0 Å². The number of benzene rings is 2. The van der Waals surface area contributed by atoms with Crippen LogP contribution in [0.1, 0.15) is 30.1 Å². The van der Waals surface area contributed by atoms with Crippen molar-refractivity contribution >= 4 is 52.2 Å². The number of nitrogens with zero attached hydrogens (tertiary/aromatic N) is 1. The minimum atomic E-state index is -1.19. The summed E-state index contributed by atoms with van der Waals surface area (Å²) in [6.45, 7) is 1.33. The van der Waals surface area contributed by atoms with E-state index in [1.165, 1.54) is 19.1 Å². The summed E-state index contributed by atoms with van der Waals surface area (Å²) in [4.78, 5) is 46.3. The summed E-state index contributed by atoms with van der Waals surface area (Å²) in [5.41, 5.74) is 0.176. The van der Waals surface area contributed by atoms with Crippen molar-refractivity contribution in [2.45, 2.75) is 25.9 Å². The van der Waals surface area contributed by atoms with Crippen LogP contribution in [0, 0.1) is 10.1 Å². The maximum Gasteiger partial charge on any atom is 0.307 e. The number of carbonyl (C=O) groups is 3. The number of non-ortho nitro benzene ring substituents is 1. The van der Waals surface area contributed by atoms with Crippen LogP contribution in [0.5, 0.6) is 0 Å². The summed E-state index contributed by atoms with van der Waals surface area (Å²) in [5.74, 6) is -1.72. The van der Waals surface area contributed by atoms with Gasteiger partial charge in [-0.15, -0.1) is 0 Å². The fraction of sp³-hybridized carbons (Fsp3) is 0.211. The number of rotatable bonds is 8. The van der Waals surface area contributed by atoms with Crippen molar-refractivity contribution in [1.29, 1.82) is 0 Å².